The average Bonchev–Trinajstić information content (AvgIpc) is 2.94. The zero-order chi connectivity index (χ0) is 26.9. The van der Waals surface area contributed by atoms with Crippen molar-refractivity contribution in [3.8, 4) is 0 Å². The number of nitrogens with zero attached hydrogens (tertiary/aromatic N) is 2. The van der Waals surface area contributed by atoms with Gasteiger partial charge >= 0.3 is 6.16 Å². The van der Waals surface area contributed by atoms with Crippen molar-refractivity contribution in [3.05, 3.63) is 152 Å². The Morgan fingerprint density at radius 1 is 0.579 bits per heavy atom. The minimum Gasteiger partial charge on any atom is -0.426 e. The Bertz CT molecular complexity index is 1270. The highest BCUT2D eigenvalue weighted by atomic mass is 16.7. The number of non-ortho nitro benzene ring substituents is 2. The van der Waals surface area contributed by atoms with Gasteiger partial charge in [-0.25, -0.2) is 4.79 Å². The van der Waals surface area contributed by atoms with Crippen molar-refractivity contribution in [2.24, 2.45) is 0 Å². The van der Waals surface area contributed by atoms with Crippen molar-refractivity contribution in [2.45, 2.75) is 25.0 Å². The first-order chi connectivity index (χ1) is 18.4. The van der Waals surface area contributed by atoms with Crippen LogP contribution in [0.4, 0.5) is 16.2 Å². The molecule has 4 aromatic carbocycles. The molecular weight excluding hydrogens is 488 g/mol. The number of nitro groups is 2. The van der Waals surface area contributed by atoms with Gasteiger partial charge in [-0.3, -0.25) is 20.2 Å². The van der Waals surface area contributed by atoms with E-state index in [1.807, 2.05) is 60.7 Å². The molecule has 0 saturated carbocycles. The molecule has 0 spiro atoms. The van der Waals surface area contributed by atoms with Crippen LogP contribution in [0.3, 0.4) is 0 Å². The number of hydrogen-bond acceptors (Lipinski definition) is 7. The molecule has 0 aliphatic rings. The smallest absolute Gasteiger partial charge is 0.426 e. The molecule has 9 nitrogen and oxygen atoms in total. The molecule has 0 aromatic heterocycles. The van der Waals surface area contributed by atoms with E-state index in [1.165, 1.54) is 24.3 Å². The Morgan fingerprint density at radius 3 is 1.24 bits per heavy atom. The van der Waals surface area contributed by atoms with Gasteiger partial charge in [-0.1, -0.05) is 84.9 Å². The summed E-state index contributed by atoms with van der Waals surface area (Å²) < 4.78 is 11.5. The minimum absolute atomic E-state index is 0.0257. The van der Waals surface area contributed by atoms with Gasteiger partial charge in [0, 0.05) is 37.1 Å². The van der Waals surface area contributed by atoms with Crippen LogP contribution in [-0.2, 0) is 22.3 Å². The number of carbonyl (C=O) groups excluding carboxylic acids is 1. The first-order valence-electron chi connectivity index (χ1n) is 11.8. The second kappa shape index (κ2) is 12.3. The lowest BCUT2D eigenvalue weighted by Gasteiger charge is -2.22. The maximum Gasteiger partial charge on any atom is 0.509 e. The first kappa shape index (κ1) is 26.0. The lowest BCUT2D eigenvalue weighted by atomic mass is 10.0. The summed E-state index contributed by atoms with van der Waals surface area (Å²) in [6, 6.07) is 30.5. The molecule has 192 valence electrons. The number of benzene rings is 4. The molecule has 0 amide bonds. The molecule has 4 rings (SSSR count). The van der Waals surface area contributed by atoms with Crippen molar-refractivity contribution < 1.29 is 24.1 Å². The van der Waals surface area contributed by atoms with E-state index in [1.54, 1.807) is 24.3 Å². The molecule has 0 bridgehead atoms. The van der Waals surface area contributed by atoms with Crippen LogP contribution in [0.2, 0.25) is 0 Å². The molecule has 9 heteroatoms. The van der Waals surface area contributed by atoms with Crippen LogP contribution in [0.25, 0.3) is 0 Å². The van der Waals surface area contributed by atoms with Crippen LogP contribution in [0.15, 0.2) is 109 Å². The standard InChI is InChI=1S/C29H24N2O7/c32-29(37-27(23-7-3-1-4-8-23)19-21-11-15-25(16-12-21)30(33)34)38-28(24-9-5-2-6-10-24)20-22-13-17-26(18-14-22)31(35)36/h1-18,27-28H,19-20H2. The molecule has 4 aromatic rings. The van der Waals surface area contributed by atoms with E-state index in [2.05, 4.69) is 0 Å². The second-order valence-corrected chi connectivity index (χ2v) is 8.54. The maximum atomic E-state index is 13.1. The Morgan fingerprint density at radius 2 is 0.921 bits per heavy atom. The number of carbonyl (C=O) groups is 1. The van der Waals surface area contributed by atoms with Crippen LogP contribution in [0.5, 0.6) is 0 Å². The molecule has 0 fully saturated rings. The third kappa shape index (κ3) is 7.01. The molecule has 38 heavy (non-hydrogen) atoms. The van der Waals surface area contributed by atoms with Crippen molar-refractivity contribution in [1.29, 1.82) is 0 Å². The summed E-state index contributed by atoms with van der Waals surface area (Å²) >= 11 is 0. The Kier molecular flexibility index (Phi) is 8.40. The molecule has 2 atom stereocenters. The molecule has 0 radical (unpaired) electrons. The fourth-order valence-electron chi connectivity index (χ4n) is 3.99. The van der Waals surface area contributed by atoms with Gasteiger partial charge in [-0.15, -0.1) is 0 Å². The van der Waals surface area contributed by atoms with E-state index in [4.69, 9.17) is 9.47 Å². The van der Waals surface area contributed by atoms with E-state index in [-0.39, 0.29) is 24.2 Å². The van der Waals surface area contributed by atoms with Gasteiger partial charge in [-0.2, -0.15) is 0 Å². The molecule has 2 unspecified atom stereocenters. The van der Waals surface area contributed by atoms with Crippen molar-refractivity contribution in [1.82, 2.24) is 0 Å². The number of nitro benzene ring substituents is 2. The number of hydrogen-bond donors (Lipinski definition) is 0. The molecule has 0 heterocycles. The van der Waals surface area contributed by atoms with Crippen LogP contribution in [-0.4, -0.2) is 16.0 Å². The predicted molar refractivity (Wildman–Crippen MR) is 140 cm³/mol. The topological polar surface area (TPSA) is 122 Å². The lowest BCUT2D eigenvalue weighted by Crippen LogP contribution is -2.19. The van der Waals surface area contributed by atoms with Crippen LogP contribution >= 0.6 is 0 Å². The highest BCUT2D eigenvalue weighted by Gasteiger charge is 2.24. The Labute approximate surface area is 218 Å². The molecule has 0 aliphatic carbocycles. The van der Waals surface area contributed by atoms with Gasteiger partial charge < -0.3 is 9.47 Å². The van der Waals surface area contributed by atoms with Gasteiger partial charge in [0.15, 0.2) is 0 Å². The van der Waals surface area contributed by atoms with E-state index in [0.29, 0.717) is 0 Å². The summed E-state index contributed by atoms with van der Waals surface area (Å²) in [5, 5.41) is 22.0. The summed E-state index contributed by atoms with van der Waals surface area (Å²) in [4.78, 5) is 34.1. The second-order valence-electron chi connectivity index (χ2n) is 8.54. The van der Waals surface area contributed by atoms with E-state index in [0.717, 1.165) is 22.3 Å². The van der Waals surface area contributed by atoms with Crippen LogP contribution < -0.4 is 0 Å². The van der Waals surface area contributed by atoms with E-state index < -0.39 is 28.2 Å². The number of ether oxygens (including phenoxy) is 2. The zero-order valence-corrected chi connectivity index (χ0v) is 20.2. The monoisotopic (exact) mass is 512 g/mol. The fourth-order valence-corrected chi connectivity index (χ4v) is 3.99. The van der Waals surface area contributed by atoms with Crippen molar-refractivity contribution in [3.63, 3.8) is 0 Å². The zero-order valence-electron chi connectivity index (χ0n) is 20.2. The highest BCUT2D eigenvalue weighted by molar-refractivity contribution is 5.61. The third-order valence-electron chi connectivity index (χ3n) is 5.96. The predicted octanol–water partition coefficient (Wildman–Crippen LogP) is 6.92. The third-order valence-corrected chi connectivity index (χ3v) is 5.96. The highest BCUT2D eigenvalue weighted by Crippen LogP contribution is 2.28. The molecule has 0 aliphatic heterocycles. The summed E-state index contributed by atoms with van der Waals surface area (Å²) in [6.07, 6.45) is -1.69. The fraction of sp³-hybridized carbons (Fsp3) is 0.138. The van der Waals surface area contributed by atoms with Crippen molar-refractivity contribution >= 4 is 17.5 Å². The van der Waals surface area contributed by atoms with Gasteiger partial charge in [0.25, 0.3) is 11.4 Å². The van der Waals surface area contributed by atoms with E-state index >= 15 is 0 Å². The van der Waals surface area contributed by atoms with Crippen LogP contribution in [0, 0.1) is 20.2 Å². The van der Waals surface area contributed by atoms with Gasteiger partial charge in [0.2, 0.25) is 0 Å². The summed E-state index contributed by atoms with van der Waals surface area (Å²) in [5.41, 5.74) is 2.94. The average molecular weight is 513 g/mol. The number of rotatable bonds is 10. The quantitative estimate of drug-likeness (QED) is 0.128. The minimum atomic E-state index is -0.878. The summed E-state index contributed by atoms with van der Waals surface area (Å²) in [6.45, 7) is 0. The Balaban J connectivity index is 1.52. The van der Waals surface area contributed by atoms with Crippen molar-refractivity contribution in [2.75, 3.05) is 0 Å². The van der Waals surface area contributed by atoms with E-state index in [9.17, 15) is 25.0 Å². The lowest BCUT2D eigenvalue weighted by molar-refractivity contribution is -0.385. The molecule has 0 N–H and O–H groups in total. The Hall–Kier alpha value is -5.05. The van der Waals surface area contributed by atoms with Gasteiger partial charge in [0.1, 0.15) is 12.2 Å². The first-order valence-corrected chi connectivity index (χ1v) is 11.8. The van der Waals surface area contributed by atoms with Gasteiger partial charge in [0.05, 0.1) is 9.85 Å². The molecular formula is C29H24N2O7. The SMILES string of the molecule is O=C(OC(Cc1ccc([N+](=O)[O-])cc1)c1ccccc1)OC(Cc1ccc([N+](=O)[O-])cc1)c1ccccc1. The van der Waals surface area contributed by atoms with Gasteiger partial charge in [-0.05, 0) is 22.3 Å². The van der Waals surface area contributed by atoms with Crippen LogP contribution in [0.1, 0.15) is 34.5 Å². The maximum absolute atomic E-state index is 13.1. The molecule has 0 saturated heterocycles. The summed E-state index contributed by atoms with van der Waals surface area (Å²) in [7, 11) is 0. The summed E-state index contributed by atoms with van der Waals surface area (Å²) in [5.74, 6) is 0. The normalized spacial score (nSPS) is 12.2. The largest absolute Gasteiger partial charge is 0.509 e.